The van der Waals surface area contributed by atoms with E-state index >= 15 is 0 Å². The van der Waals surface area contributed by atoms with Gasteiger partial charge in [0.2, 0.25) is 0 Å². The molecule has 0 aromatic heterocycles. The fourth-order valence-electron chi connectivity index (χ4n) is 2.83. The number of aliphatic hydroxyl groups excluding tert-OH is 1. The molecular weight excluding hydrogens is 243 g/mol. The van der Waals surface area contributed by atoms with E-state index in [1.54, 1.807) is 13.0 Å². The molecule has 0 spiro atoms. The topological polar surface area (TPSA) is 26.7 Å². The van der Waals surface area contributed by atoms with Gasteiger partial charge in [-0.2, -0.15) is 0 Å². The predicted octanol–water partition coefficient (Wildman–Crippen LogP) is 2.41. The lowest BCUT2D eigenvalue weighted by molar-refractivity contribution is 0.194. The molecule has 1 aromatic rings. The van der Waals surface area contributed by atoms with Crippen molar-refractivity contribution in [2.24, 2.45) is 0 Å². The molecule has 0 radical (unpaired) electrons. The van der Waals surface area contributed by atoms with E-state index in [9.17, 15) is 9.50 Å². The van der Waals surface area contributed by atoms with Crippen molar-refractivity contribution in [3.63, 3.8) is 0 Å². The third kappa shape index (κ3) is 3.07. The summed E-state index contributed by atoms with van der Waals surface area (Å²) in [5, 5.41) is 9.80. The summed E-state index contributed by atoms with van der Waals surface area (Å²) >= 11 is 0. The van der Waals surface area contributed by atoms with Crippen LogP contribution in [0.3, 0.4) is 0 Å². The standard InChI is InChI=1S/C15H23FN2O/c1-11(19)15-13(16)5-4-6-14(15)18(3)12-7-9-17(2)10-8-12/h4-6,11-12,19H,7-10H2,1-3H3/t11-/m0/s1. The van der Waals surface area contributed by atoms with Gasteiger partial charge in [0.25, 0.3) is 0 Å². The lowest BCUT2D eigenvalue weighted by Gasteiger charge is -2.37. The summed E-state index contributed by atoms with van der Waals surface area (Å²) in [6.07, 6.45) is 1.36. The Morgan fingerprint density at radius 1 is 1.37 bits per heavy atom. The quantitative estimate of drug-likeness (QED) is 0.910. The van der Waals surface area contributed by atoms with Gasteiger partial charge in [-0.05, 0) is 52.0 Å². The second-order valence-corrected chi connectivity index (χ2v) is 5.49. The van der Waals surface area contributed by atoms with Gasteiger partial charge in [-0.3, -0.25) is 0 Å². The lowest BCUT2D eigenvalue weighted by atomic mass is 10.0. The van der Waals surface area contributed by atoms with Crippen molar-refractivity contribution in [3.8, 4) is 0 Å². The van der Waals surface area contributed by atoms with Crippen LogP contribution in [0.25, 0.3) is 0 Å². The first-order valence-corrected chi connectivity index (χ1v) is 6.88. The van der Waals surface area contributed by atoms with Crippen molar-refractivity contribution in [1.29, 1.82) is 0 Å². The van der Waals surface area contributed by atoms with Gasteiger partial charge in [-0.1, -0.05) is 6.07 Å². The van der Waals surface area contributed by atoms with Gasteiger partial charge in [0.15, 0.2) is 0 Å². The first-order valence-electron chi connectivity index (χ1n) is 6.88. The van der Waals surface area contributed by atoms with Crippen LogP contribution in [0.1, 0.15) is 31.4 Å². The molecule has 3 nitrogen and oxygen atoms in total. The minimum atomic E-state index is -0.787. The van der Waals surface area contributed by atoms with Gasteiger partial charge in [-0.25, -0.2) is 4.39 Å². The summed E-state index contributed by atoms with van der Waals surface area (Å²) in [7, 11) is 4.12. The van der Waals surface area contributed by atoms with Gasteiger partial charge in [-0.15, -0.1) is 0 Å². The van der Waals surface area contributed by atoms with Gasteiger partial charge < -0.3 is 14.9 Å². The Morgan fingerprint density at radius 2 is 2.00 bits per heavy atom. The number of likely N-dealkylation sites (tertiary alicyclic amines) is 1. The number of halogens is 1. The zero-order valence-electron chi connectivity index (χ0n) is 11.9. The van der Waals surface area contributed by atoms with Crippen molar-refractivity contribution in [2.45, 2.75) is 31.9 Å². The van der Waals surface area contributed by atoms with Gasteiger partial charge in [0.1, 0.15) is 5.82 Å². The highest BCUT2D eigenvalue weighted by Gasteiger charge is 2.24. The van der Waals surface area contributed by atoms with Gasteiger partial charge in [0.05, 0.1) is 6.10 Å². The summed E-state index contributed by atoms with van der Waals surface area (Å²) in [6, 6.07) is 5.43. The maximum absolute atomic E-state index is 13.9. The first-order chi connectivity index (χ1) is 9.00. The Bertz CT molecular complexity index is 428. The minimum Gasteiger partial charge on any atom is -0.389 e. The van der Waals surface area contributed by atoms with Crippen molar-refractivity contribution >= 4 is 5.69 Å². The van der Waals surface area contributed by atoms with Crippen molar-refractivity contribution < 1.29 is 9.50 Å². The van der Waals surface area contributed by atoms with Crippen molar-refractivity contribution in [3.05, 3.63) is 29.6 Å². The number of benzene rings is 1. The number of anilines is 1. The fraction of sp³-hybridized carbons (Fsp3) is 0.600. The maximum atomic E-state index is 13.9. The van der Waals surface area contributed by atoms with Crippen LogP contribution in [-0.2, 0) is 0 Å². The molecule has 1 N–H and O–H groups in total. The highest BCUT2D eigenvalue weighted by atomic mass is 19.1. The van der Waals surface area contributed by atoms with Crippen LogP contribution in [0.15, 0.2) is 18.2 Å². The third-order valence-corrected chi connectivity index (χ3v) is 4.06. The molecule has 19 heavy (non-hydrogen) atoms. The van der Waals surface area contributed by atoms with E-state index in [0.717, 1.165) is 31.6 Å². The van der Waals surface area contributed by atoms with E-state index in [0.29, 0.717) is 11.6 Å². The molecule has 1 heterocycles. The second kappa shape index (κ2) is 5.88. The van der Waals surface area contributed by atoms with Crippen molar-refractivity contribution in [1.82, 2.24) is 4.90 Å². The van der Waals surface area contributed by atoms with E-state index in [-0.39, 0.29) is 5.82 Å². The summed E-state index contributed by atoms with van der Waals surface area (Å²) in [5.41, 5.74) is 1.22. The molecule has 0 amide bonds. The van der Waals surface area contributed by atoms with E-state index in [2.05, 4.69) is 16.8 Å². The first kappa shape index (κ1) is 14.3. The van der Waals surface area contributed by atoms with Crippen LogP contribution in [0, 0.1) is 5.82 Å². The zero-order valence-corrected chi connectivity index (χ0v) is 11.9. The number of rotatable bonds is 3. The molecule has 1 atom stereocenters. The average Bonchev–Trinajstić information content (AvgIpc) is 2.38. The van der Waals surface area contributed by atoms with Crippen LogP contribution < -0.4 is 4.90 Å². The number of piperidine rings is 1. The number of hydrogen-bond acceptors (Lipinski definition) is 3. The molecule has 0 unspecified atom stereocenters. The van der Waals surface area contributed by atoms with Crippen LogP contribution >= 0.6 is 0 Å². The Balaban J connectivity index is 2.23. The number of hydrogen-bond donors (Lipinski definition) is 1. The highest BCUT2D eigenvalue weighted by Crippen LogP contribution is 2.31. The van der Waals surface area contributed by atoms with E-state index < -0.39 is 6.10 Å². The van der Waals surface area contributed by atoms with Gasteiger partial charge in [0, 0.05) is 24.3 Å². The zero-order chi connectivity index (χ0) is 14.0. The summed E-state index contributed by atoms with van der Waals surface area (Å²) in [5.74, 6) is -0.327. The Hall–Kier alpha value is -1.13. The van der Waals surface area contributed by atoms with E-state index in [1.807, 2.05) is 13.1 Å². The van der Waals surface area contributed by atoms with E-state index in [4.69, 9.17) is 0 Å². The van der Waals surface area contributed by atoms with Crippen LogP contribution in [0.5, 0.6) is 0 Å². The largest absolute Gasteiger partial charge is 0.389 e. The minimum absolute atomic E-state index is 0.327. The summed E-state index contributed by atoms with van der Waals surface area (Å²) in [4.78, 5) is 4.43. The Labute approximate surface area is 114 Å². The van der Waals surface area contributed by atoms with Crippen LogP contribution in [0.4, 0.5) is 10.1 Å². The molecule has 0 bridgehead atoms. The Kier molecular flexibility index (Phi) is 4.42. The molecule has 0 aliphatic carbocycles. The SMILES string of the molecule is C[C@H](O)c1c(F)cccc1N(C)C1CCN(C)CC1. The molecule has 1 aliphatic heterocycles. The molecule has 1 saturated heterocycles. The maximum Gasteiger partial charge on any atom is 0.131 e. The third-order valence-electron chi connectivity index (χ3n) is 4.06. The molecule has 1 aromatic carbocycles. The summed E-state index contributed by atoms with van der Waals surface area (Å²) in [6.45, 7) is 3.74. The lowest BCUT2D eigenvalue weighted by Crippen LogP contribution is -2.42. The normalized spacial score (nSPS) is 19.4. The Morgan fingerprint density at radius 3 is 2.58 bits per heavy atom. The molecular formula is C15H23FN2O. The van der Waals surface area contributed by atoms with Crippen LogP contribution in [0.2, 0.25) is 0 Å². The monoisotopic (exact) mass is 266 g/mol. The molecule has 2 rings (SSSR count). The van der Waals surface area contributed by atoms with Crippen molar-refractivity contribution in [2.75, 3.05) is 32.1 Å². The molecule has 106 valence electrons. The number of aliphatic hydroxyl groups is 1. The fourth-order valence-corrected chi connectivity index (χ4v) is 2.83. The highest BCUT2D eigenvalue weighted by molar-refractivity contribution is 5.55. The van der Waals surface area contributed by atoms with E-state index in [1.165, 1.54) is 6.07 Å². The molecule has 4 heteroatoms. The molecule has 1 aliphatic rings. The predicted molar refractivity (Wildman–Crippen MR) is 76.0 cm³/mol. The van der Waals surface area contributed by atoms with Crippen LogP contribution in [-0.4, -0.2) is 43.2 Å². The molecule has 1 fully saturated rings. The van der Waals surface area contributed by atoms with Gasteiger partial charge >= 0.3 is 0 Å². The smallest absolute Gasteiger partial charge is 0.131 e. The average molecular weight is 266 g/mol. The second-order valence-electron chi connectivity index (χ2n) is 5.49. The molecule has 0 saturated carbocycles. The summed E-state index contributed by atoms with van der Waals surface area (Å²) < 4.78 is 13.9. The number of nitrogens with zero attached hydrogens (tertiary/aromatic N) is 2.